The van der Waals surface area contributed by atoms with Crippen LogP contribution in [0.3, 0.4) is 0 Å². The smallest absolute Gasteiger partial charge is 0.139 e. The number of aromatic nitrogens is 2. The van der Waals surface area contributed by atoms with Gasteiger partial charge in [0.05, 0.1) is 17.3 Å². The van der Waals surface area contributed by atoms with Gasteiger partial charge in [-0.15, -0.1) is 22.9 Å². The number of aromatic amines is 1. The van der Waals surface area contributed by atoms with E-state index in [2.05, 4.69) is 9.97 Å². The summed E-state index contributed by atoms with van der Waals surface area (Å²) in [6.07, 6.45) is 1.89. The van der Waals surface area contributed by atoms with Gasteiger partial charge in [0.25, 0.3) is 0 Å². The van der Waals surface area contributed by atoms with Crippen molar-refractivity contribution in [2.45, 2.75) is 5.88 Å². The molecule has 2 aromatic rings. The van der Waals surface area contributed by atoms with Gasteiger partial charge in [-0.25, -0.2) is 4.98 Å². The van der Waals surface area contributed by atoms with Crippen molar-refractivity contribution < 1.29 is 0 Å². The lowest BCUT2D eigenvalue weighted by Gasteiger charge is -1.87. The molecule has 2 aromatic heterocycles. The molecule has 0 saturated carbocycles. The zero-order valence-electron chi connectivity index (χ0n) is 6.25. The Morgan fingerprint density at radius 1 is 1.58 bits per heavy atom. The van der Waals surface area contributed by atoms with Crippen LogP contribution in [0.1, 0.15) is 5.69 Å². The summed E-state index contributed by atoms with van der Waals surface area (Å²) in [5, 5.41) is 2.97. The second-order valence-electron chi connectivity index (χ2n) is 2.36. The maximum absolute atomic E-state index is 5.64. The minimum absolute atomic E-state index is 0.483. The first-order chi connectivity index (χ1) is 5.90. The lowest BCUT2D eigenvalue weighted by molar-refractivity contribution is 1.22. The quantitative estimate of drug-likeness (QED) is 0.739. The Balaban J connectivity index is 2.35. The number of alkyl halides is 1. The highest BCUT2D eigenvalue weighted by atomic mass is 35.5. The van der Waals surface area contributed by atoms with Crippen LogP contribution in [0.15, 0.2) is 23.7 Å². The fourth-order valence-electron chi connectivity index (χ4n) is 0.955. The Labute approximate surface area is 79.2 Å². The molecule has 0 amide bonds. The van der Waals surface area contributed by atoms with E-state index in [1.807, 2.05) is 23.7 Å². The zero-order chi connectivity index (χ0) is 8.39. The normalized spacial score (nSPS) is 10.4. The Hall–Kier alpha value is -0.800. The number of hydrogen-bond acceptors (Lipinski definition) is 2. The van der Waals surface area contributed by atoms with Gasteiger partial charge in [-0.2, -0.15) is 0 Å². The maximum atomic E-state index is 5.64. The molecule has 0 atom stereocenters. The molecule has 62 valence electrons. The Kier molecular flexibility index (Phi) is 2.15. The molecule has 2 rings (SSSR count). The monoisotopic (exact) mass is 198 g/mol. The first kappa shape index (κ1) is 7.83. The lowest BCUT2D eigenvalue weighted by atomic mass is 10.4. The van der Waals surface area contributed by atoms with Crippen LogP contribution in [0.2, 0.25) is 0 Å². The predicted molar refractivity (Wildman–Crippen MR) is 51.5 cm³/mol. The fraction of sp³-hybridized carbons (Fsp3) is 0.125. The van der Waals surface area contributed by atoms with Gasteiger partial charge in [0, 0.05) is 11.6 Å². The van der Waals surface area contributed by atoms with Crippen molar-refractivity contribution in [2.75, 3.05) is 0 Å². The third-order valence-electron chi connectivity index (χ3n) is 1.52. The van der Waals surface area contributed by atoms with Crippen LogP contribution < -0.4 is 0 Å². The van der Waals surface area contributed by atoms with E-state index in [9.17, 15) is 0 Å². The van der Waals surface area contributed by atoms with Gasteiger partial charge in [0.15, 0.2) is 0 Å². The molecule has 0 aliphatic carbocycles. The number of rotatable bonds is 2. The molecule has 0 bridgehead atoms. The molecule has 0 spiro atoms. The molecule has 0 aromatic carbocycles. The van der Waals surface area contributed by atoms with Crippen LogP contribution in [0.5, 0.6) is 0 Å². The largest absolute Gasteiger partial charge is 0.359 e. The van der Waals surface area contributed by atoms with Crippen molar-refractivity contribution >= 4 is 22.9 Å². The zero-order valence-corrected chi connectivity index (χ0v) is 7.82. The number of hydrogen-bond donors (Lipinski definition) is 1. The summed E-state index contributed by atoms with van der Waals surface area (Å²) in [6.45, 7) is 0. The van der Waals surface area contributed by atoms with E-state index in [0.29, 0.717) is 5.88 Å². The first-order valence-electron chi connectivity index (χ1n) is 3.54. The SMILES string of the molecule is ClCc1csc(-c2ccc[nH]2)n1. The molecule has 0 unspecified atom stereocenters. The minimum Gasteiger partial charge on any atom is -0.359 e. The number of nitrogens with zero attached hydrogens (tertiary/aromatic N) is 1. The highest BCUT2D eigenvalue weighted by Crippen LogP contribution is 2.22. The average molecular weight is 199 g/mol. The summed E-state index contributed by atoms with van der Waals surface area (Å²) in [5.74, 6) is 0.483. The Bertz CT molecular complexity index is 353. The molecule has 2 nitrogen and oxygen atoms in total. The molecule has 0 aliphatic rings. The Morgan fingerprint density at radius 3 is 3.08 bits per heavy atom. The fourth-order valence-corrected chi connectivity index (χ4v) is 1.99. The van der Waals surface area contributed by atoms with Gasteiger partial charge in [-0.05, 0) is 12.1 Å². The highest BCUT2D eigenvalue weighted by Gasteiger charge is 2.03. The Morgan fingerprint density at radius 2 is 2.50 bits per heavy atom. The molecular weight excluding hydrogens is 192 g/mol. The van der Waals surface area contributed by atoms with Crippen LogP contribution in [-0.2, 0) is 5.88 Å². The number of thiazole rings is 1. The van der Waals surface area contributed by atoms with Crippen LogP contribution in [0.25, 0.3) is 10.7 Å². The topological polar surface area (TPSA) is 28.7 Å². The molecule has 0 saturated heterocycles. The van der Waals surface area contributed by atoms with E-state index >= 15 is 0 Å². The van der Waals surface area contributed by atoms with Crippen molar-refractivity contribution in [1.82, 2.24) is 9.97 Å². The predicted octanol–water partition coefficient (Wildman–Crippen LogP) is 2.88. The minimum atomic E-state index is 0.483. The average Bonchev–Trinajstić information content (AvgIpc) is 2.75. The van der Waals surface area contributed by atoms with E-state index in [0.717, 1.165) is 16.4 Å². The van der Waals surface area contributed by atoms with Crippen LogP contribution in [-0.4, -0.2) is 9.97 Å². The maximum Gasteiger partial charge on any atom is 0.139 e. The van der Waals surface area contributed by atoms with Crippen LogP contribution in [0, 0.1) is 0 Å². The standard InChI is InChI=1S/C8H7ClN2S/c9-4-6-5-12-8(11-6)7-2-1-3-10-7/h1-3,5,10H,4H2. The van der Waals surface area contributed by atoms with E-state index in [1.54, 1.807) is 11.3 Å². The van der Waals surface area contributed by atoms with Crippen molar-refractivity contribution in [3.05, 3.63) is 29.4 Å². The third kappa shape index (κ3) is 1.38. The van der Waals surface area contributed by atoms with Crippen molar-refractivity contribution in [3.63, 3.8) is 0 Å². The van der Waals surface area contributed by atoms with Gasteiger partial charge in [0.2, 0.25) is 0 Å². The van der Waals surface area contributed by atoms with Crippen molar-refractivity contribution in [1.29, 1.82) is 0 Å². The lowest BCUT2D eigenvalue weighted by Crippen LogP contribution is -1.78. The summed E-state index contributed by atoms with van der Waals surface area (Å²) >= 11 is 7.24. The van der Waals surface area contributed by atoms with Crippen molar-refractivity contribution in [2.24, 2.45) is 0 Å². The van der Waals surface area contributed by atoms with Gasteiger partial charge in [-0.3, -0.25) is 0 Å². The highest BCUT2D eigenvalue weighted by molar-refractivity contribution is 7.13. The van der Waals surface area contributed by atoms with E-state index < -0.39 is 0 Å². The number of H-pyrrole nitrogens is 1. The molecule has 0 aliphatic heterocycles. The van der Waals surface area contributed by atoms with E-state index in [1.165, 1.54) is 0 Å². The van der Waals surface area contributed by atoms with Crippen LogP contribution >= 0.6 is 22.9 Å². The molecule has 1 N–H and O–H groups in total. The summed E-state index contributed by atoms with van der Waals surface area (Å²) in [5.41, 5.74) is 1.99. The van der Waals surface area contributed by atoms with Crippen molar-refractivity contribution in [3.8, 4) is 10.7 Å². The first-order valence-corrected chi connectivity index (χ1v) is 4.95. The van der Waals surface area contributed by atoms with Gasteiger partial charge in [-0.1, -0.05) is 0 Å². The number of nitrogens with one attached hydrogen (secondary N) is 1. The van der Waals surface area contributed by atoms with Gasteiger partial charge in [0.1, 0.15) is 5.01 Å². The molecule has 12 heavy (non-hydrogen) atoms. The van der Waals surface area contributed by atoms with E-state index in [4.69, 9.17) is 11.6 Å². The number of halogens is 1. The van der Waals surface area contributed by atoms with Crippen LogP contribution in [0.4, 0.5) is 0 Å². The molecule has 4 heteroatoms. The molecular formula is C8H7ClN2S. The summed E-state index contributed by atoms with van der Waals surface area (Å²) in [4.78, 5) is 7.42. The summed E-state index contributed by atoms with van der Waals surface area (Å²) in [7, 11) is 0. The second kappa shape index (κ2) is 3.29. The van der Waals surface area contributed by atoms with Gasteiger partial charge < -0.3 is 4.98 Å². The summed E-state index contributed by atoms with van der Waals surface area (Å²) in [6, 6.07) is 3.95. The molecule has 0 radical (unpaired) electrons. The second-order valence-corrected chi connectivity index (χ2v) is 3.49. The molecule has 2 heterocycles. The molecule has 0 fully saturated rings. The third-order valence-corrected chi connectivity index (χ3v) is 2.72. The van der Waals surface area contributed by atoms with Gasteiger partial charge >= 0.3 is 0 Å². The van der Waals surface area contributed by atoms with E-state index in [-0.39, 0.29) is 0 Å². The summed E-state index contributed by atoms with van der Waals surface area (Å²) < 4.78 is 0.